The van der Waals surface area contributed by atoms with Gasteiger partial charge in [0.15, 0.2) is 5.82 Å². The van der Waals surface area contributed by atoms with Gasteiger partial charge in [0.25, 0.3) is 0 Å². The van der Waals surface area contributed by atoms with Crippen LogP contribution in [0.5, 0.6) is 0 Å². The van der Waals surface area contributed by atoms with Gasteiger partial charge in [0.2, 0.25) is 0 Å². The quantitative estimate of drug-likeness (QED) is 0.552. The summed E-state index contributed by atoms with van der Waals surface area (Å²) in [6.45, 7) is 0. The standard InChI is InChI=1S/C20H15FN4/c21-15-11-9-14(10-12-15)19-18(17-8-4-5-13-22-17)20(25-24-19)23-16-6-2-1-3-7-16/h1-13H,(H2,23,24,25). The number of anilines is 2. The second-order valence-corrected chi connectivity index (χ2v) is 5.54. The zero-order valence-corrected chi connectivity index (χ0v) is 13.3. The molecule has 0 aliphatic heterocycles. The van der Waals surface area contributed by atoms with E-state index in [1.807, 2.05) is 48.5 Å². The highest BCUT2D eigenvalue weighted by Crippen LogP contribution is 2.36. The number of hydrogen-bond donors (Lipinski definition) is 2. The van der Waals surface area contributed by atoms with Crippen LogP contribution in [-0.4, -0.2) is 15.2 Å². The van der Waals surface area contributed by atoms with Gasteiger partial charge in [-0.15, -0.1) is 0 Å². The van der Waals surface area contributed by atoms with Gasteiger partial charge in [-0.2, -0.15) is 5.10 Å². The van der Waals surface area contributed by atoms with Crippen LogP contribution in [0.2, 0.25) is 0 Å². The Morgan fingerprint density at radius 3 is 2.32 bits per heavy atom. The average molecular weight is 330 g/mol. The van der Waals surface area contributed by atoms with Gasteiger partial charge in [0.05, 0.1) is 17.0 Å². The van der Waals surface area contributed by atoms with Crippen LogP contribution in [0.25, 0.3) is 22.5 Å². The van der Waals surface area contributed by atoms with E-state index in [1.54, 1.807) is 18.3 Å². The monoisotopic (exact) mass is 330 g/mol. The van der Waals surface area contributed by atoms with Crippen molar-refractivity contribution < 1.29 is 4.39 Å². The zero-order valence-electron chi connectivity index (χ0n) is 13.3. The van der Waals surface area contributed by atoms with E-state index in [2.05, 4.69) is 20.5 Å². The number of H-pyrrole nitrogens is 1. The molecule has 4 aromatic rings. The molecule has 0 radical (unpaired) electrons. The molecule has 2 aromatic carbocycles. The van der Waals surface area contributed by atoms with Gasteiger partial charge in [-0.3, -0.25) is 10.1 Å². The lowest BCUT2D eigenvalue weighted by Gasteiger charge is -2.08. The van der Waals surface area contributed by atoms with Crippen molar-refractivity contribution in [2.75, 3.05) is 5.32 Å². The lowest BCUT2D eigenvalue weighted by atomic mass is 10.0. The normalized spacial score (nSPS) is 10.6. The highest BCUT2D eigenvalue weighted by atomic mass is 19.1. The van der Waals surface area contributed by atoms with Crippen molar-refractivity contribution in [2.45, 2.75) is 0 Å². The molecule has 25 heavy (non-hydrogen) atoms. The molecule has 5 heteroatoms. The third-order valence-corrected chi connectivity index (χ3v) is 3.86. The molecule has 0 fully saturated rings. The molecule has 0 saturated heterocycles. The minimum atomic E-state index is -0.273. The third-order valence-electron chi connectivity index (χ3n) is 3.86. The maximum atomic E-state index is 13.3. The Balaban J connectivity index is 1.83. The number of rotatable bonds is 4. The fraction of sp³-hybridized carbons (Fsp3) is 0. The van der Waals surface area contributed by atoms with Gasteiger partial charge in [0.1, 0.15) is 5.82 Å². The van der Waals surface area contributed by atoms with Crippen LogP contribution in [0.3, 0.4) is 0 Å². The highest BCUT2D eigenvalue weighted by Gasteiger charge is 2.18. The van der Waals surface area contributed by atoms with Crippen molar-refractivity contribution in [1.82, 2.24) is 15.2 Å². The van der Waals surface area contributed by atoms with E-state index < -0.39 is 0 Å². The van der Waals surface area contributed by atoms with E-state index >= 15 is 0 Å². The summed E-state index contributed by atoms with van der Waals surface area (Å²) in [6.07, 6.45) is 1.74. The van der Waals surface area contributed by atoms with Crippen LogP contribution in [-0.2, 0) is 0 Å². The number of benzene rings is 2. The summed E-state index contributed by atoms with van der Waals surface area (Å²) in [4.78, 5) is 4.45. The number of pyridine rings is 1. The molecule has 4 rings (SSSR count). The maximum absolute atomic E-state index is 13.3. The Kier molecular flexibility index (Phi) is 3.96. The summed E-state index contributed by atoms with van der Waals surface area (Å²) in [5.74, 6) is 0.398. The molecule has 0 aliphatic carbocycles. The van der Waals surface area contributed by atoms with Crippen LogP contribution >= 0.6 is 0 Å². The molecule has 0 bridgehead atoms. The molecule has 2 aromatic heterocycles. The van der Waals surface area contributed by atoms with E-state index in [1.165, 1.54) is 12.1 Å². The molecule has 0 spiro atoms. The average Bonchev–Trinajstić information content (AvgIpc) is 3.07. The van der Waals surface area contributed by atoms with Crippen molar-refractivity contribution in [3.05, 3.63) is 84.8 Å². The molecule has 2 N–H and O–H groups in total. The largest absolute Gasteiger partial charge is 0.338 e. The lowest BCUT2D eigenvalue weighted by Crippen LogP contribution is -1.93. The summed E-state index contributed by atoms with van der Waals surface area (Å²) in [6, 6.07) is 21.8. The van der Waals surface area contributed by atoms with E-state index in [0.717, 1.165) is 28.2 Å². The fourth-order valence-electron chi connectivity index (χ4n) is 2.68. The second kappa shape index (κ2) is 6.57. The summed E-state index contributed by atoms with van der Waals surface area (Å²) < 4.78 is 13.3. The Hall–Kier alpha value is -3.47. The molecular weight excluding hydrogens is 315 g/mol. The Labute approximate surface area is 144 Å². The van der Waals surface area contributed by atoms with Crippen LogP contribution in [0.4, 0.5) is 15.9 Å². The Bertz CT molecular complexity index is 964. The van der Waals surface area contributed by atoms with Crippen molar-refractivity contribution in [3.8, 4) is 22.5 Å². The number of halogens is 1. The van der Waals surface area contributed by atoms with E-state index in [-0.39, 0.29) is 5.82 Å². The number of hydrogen-bond acceptors (Lipinski definition) is 3. The molecule has 4 nitrogen and oxygen atoms in total. The summed E-state index contributed by atoms with van der Waals surface area (Å²) >= 11 is 0. The summed E-state index contributed by atoms with van der Waals surface area (Å²) in [5, 5.41) is 10.8. The number of aromatic amines is 1. The maximum Gasteiger partial charge on any atom is 0.162 e. The topological polar surface area (TPSA) is 53.6 Å². The predicted molar refractivity (Wildman–Crippen MR) is 96.9 cm³/mol. The van der Waals surface area contributed by atoms with Crippen LogP contribution in [0.1, 0.15) is 0 Å². The van der Waals surface area contributed by atoms with Crippen molar-refractivity contribution in [1.29, 1.82) is 0 Å². The minimum absolute atomic E-state index is 0.273. The van der Waals surface area contributed by atoms with Gasteiger partial charge < -0.3 is 5.32 Å². The van der Waals surface area contributed by atoms with Crippen molar-refractivity contribution in [3.63, 3.8) is 0 Å². The highest BCUT2D eigenvalue weighted by molar-refractivity contribution is 5.88. The molecule has 0 atom stereocenters. The van der Waals surface area contributed by atoms with Gasteiger partial charge in [0, 0.05) is 17.4 Å². The molecule has 0 unspecified atom stereocenters. The van der Waals surface area contributed by atoms with Gasteiger partial charge in [-0.25, -0.2) is 4.39 Å². The zero-order chi connectivity index (χ0) is 17.1. The van der Waals surface area contributed by atoms with Gasteiger partial charge in [-0.1, -0.05) is 24.3 Å². The molecule has 2 heterocycles. The molecule has 122 valence electrons. The number of aromatic nitrogens is 3. The van der Waals surface area contributed by atoms with Crippen molar-refractivity contribution in [2.24, 2.45) is 0 Å². The molecular formula is C20H15FN4. The van der Waals surface area contributed by atoms with Crippen LogP contribution < -0.4 is 5.32 Å². The minimum Gasteiger partial charge on any atom is -0.338 e. The molecule has 0 amide bonds. The van der Waals surface area contributed by atoms with E-state index in [0.29, 0.717) is 5.82 Å². The Morgan fingerprint density at radius 1 is 0.840 bits per heavy atom. The first-order valence-electron chi connectivity index (χ1n) is 7.89. The Morgan fingerprint density at radius 2 is 1.60 bits per heavy atom. The number of nitrogens with one attached hydrogen (secondary N) is 2. The summed E-state index contributed by atoms with van der Waals surface area (Å²) in [7, 11) is 0. The first-order chi connectivity index (χ1) is 12.3. The SMILES string of the molecule is Fc1ccc(-c2[nH]nc(Nc3ccccc3)c2-c2ccccn2)cc1. The lowest BCUT2D eigenvalue weighted by molar-refractivity contribution is 0.628. The smallest absolute Gasteiger partial charge is 0.162 e. The van der Waals surface area contributed by atoms with E-state index in [4.69, 9.17) is 0 Å². The summed E-state index contributed by atoms with van der Waals surface area (Å²) in [5.41, 5.74) is 4.19. The van der Waals surface area contributed by atoms with Crippen LogP contribution in [0.15, 0.2) is 79.0 Å². The fourth-order valence-corrected chi connectivity index (χ4v) is 2.68. The van der Waals surface area contributed by atoms with Gasteiger partial charge >= 0.3 is 0 Å². The third kappa shape index (κ3) is 3.12. The molecule has 0 saturated carbocycles. The second-order valence-electron chi connectivity index (χ2n) is 5.54. The first-order valence-corrected chi connectivity index (χ1v) is 7.89. The van der Waals surface area contributed by atoms with Crippen molar-refractivity contribution >= 4 is 11.5 Å². The predicted octanol–water partition coefficient (Wildman–Crippen LogP) is 5.02. The number of para-hydroxylation sites is 1. The van der Waals surface area contributed by atoms with Crippen LogP contribution in [0, 0.1) is 5.82 Å². The molecule has 0 aliphatic rings. The van der Waals surface area contributed by atoms with E-state index in [9.17, 15) is 4.39 Å². The number of nitrogens with zero attached hydrogens (tertiary/aromatic N) is 2. The van der Waals surface area contributed by atoms with Gasteiger partial charge in [-0.05, 0) is 48.5 Å². The first kappa shape index (κ1) is 15.1.